The number of halogens is 3. The molecule has 0 aliphatic heterocycles. The van der Waals surface area contributed by atoms with Crippen LogP contribution in [0.15, 0.2) is 70.3 Å². The number of amides is 1. The fraction of sp³-hybridized carbons (Fsp3) is 0.125. The highest BCUT2D eigenvalue weighted by atomic mass is 79.9. The Morgan fingerprint density at radius 1 is 1.09 bits per heavy atom. The Morgan fingerprint density at radius 2 is 1.79 bits per heavy atom. The molecule has 3 aromatic carbocycles. The van der Waals surface area contributed by atoms with Crippen LogP contribution in [0.1, 0.15) is 5.56 Å². The molecule has 0 aliphatic rings. The lowest BCUT2D eigenvalue weighted by Crippen LogP contribution is -2.16. The number of aromatic nitrogens is 3. The number of thioether (sulfide) groups is 1. The molecule has 4 aromatic rings. The third-order valence-electron chi connectivity index (χ3n) is 4.88. The number of nitrogens with one attached hydrogen (secondary N) is 1. The molecule has 34 heavy (non-hydrogen) atoms. The first-order chi connectivity index (χ1) is 16.4. The number of anilines is 1. The lowest BCUT2D eigenvalue weighted by atomic mass is 10.2. The summed E-state index contributed by atoms with van der Waals surface area (Å²) in [5, 5.41) is 11.6. The minimum absolute atomic E-state index is 0.0597. The summed E-state index contributed by atoms with van der Waals surface area (Å²) < 4.78 is 34.6. The molecule has 0 saturated heterocycles. The van der Waals surface area contributed by atoms with Crippen molar-refractivity contribution in [1.29, 1.82) is 0 Å². The number of aryl methyl sites for hydroxylation is 1. The van der Waals surface area contributed by atoms with E-state index in [2.05, 4.69) is 31.4 Å². The monoisotopic (exact) mass is 544 g/mol. The smallest absolute Gasteiger partial charge is 0.234 e. The van der Waals surface area contributed by atoms with Crippen LogP contribution >= 0.6 is 27.7 Å². The number of rotatable bonds is 7. The van der Waals surface area contributed by atoms with Gasteiger partial charge in [0.2, 0.25) is 5.91 Å². The minimum atomic E-state index is -0.866. The van der Waals surface area contributed by atoms with Crippen molar-refractivity contribution in [3.05, 3.63) is 82.3 Å². The van der Waals surface area contributed by atoms with Crippen molar-refractivity contribution in [2.75, 3.05) is 18.2 Å². The number of carbonyl (C=O) groups excluding carboxylic acids is 1. The fourth-order valence-corrected chi connectivity index (χ4v) is 4.44. The van der Waals surface area contributed by atoms with E-state index < -0.39 is 17.5 Å². The standard InChI is InChI=1S/C24H19BrF2N4O2S/c1-14-3-7-17(8-4-14)31-23(15-5-9-18(33-2)10-6-15)29-30-24(31)34-13-21(32)28-22-19(25)11-16(26)12-20(22)27/h3-12H,13H2,1-2H3,(H,28,32). The maximum Gasteiger partial charge on any atom is 0.234 e. The average molecular weight is 545 g/mol. The molecule has 0 saturated carbocycles. The van der Waals surface area contributed by atoms with Crippen molar-refractivity contribution in [3.63, 3.8) is 0 Å². The van der Waals surface area contributed by atoms with Crippen molar-refractivity contribution in [3.8, 4) is 22.8 Å². The molecule has 0 radical (unpaired) electrons. The largest absolute Gasteiger partial charge is 0.497 e. The van der Waals surface area contributed by atoms with Crippen molar-refractivity contribution in [1.82, 2.24) is 14.8 Å². The van der Waals surface area contributed by atoms with Gasteiger partial charge < -0.3 is 10.1 Å². The van der Waals surface area contributed by atoms with Crippen LogP contribution in [0.3, 0.4) is 0 Å². The molecular formula is C24H19BrF2N4O2S. The minimum Gasteiger partial charge on any atom is -0.497 e. The number of hydrogen-bond acceptors (Lipinski definition) is 5. The van der Waals surface area contributed by atoms with Crippen LogP contribution in [0.5, 0.6) is 5.75 Å². The van der Waals surface area contributed by atoms with Gasteiger partial charge in [-0.3, -0.25) is 9.36 Å². The Bertz CT molecular complexity index is 1310. The first kappa shape index (κ1) is 23.9. The highest BCUT2D eigenvalue weighted by Gasteiger charge is 2.19. The van der Waals surface area contributed by atoms with Gasteiger partial charge in [0.1, 0.15) is 11.6 Å². The summed E-state index contributed by atoms with van der Waals surface area (Å²) >= 11 is 4.23. The molecule has 1 aromatic heterocycles. The molecule has 0 spiro atoms. The lowest BCUT2D eigenvalue weighted by molar-refractivity contribution is -0.113. The molecule has 6 nitrogen and oxygen atoms in total. The highest BCUT2D eigenvalue weighted by molar-refractivity contribution is 9.10. The Hall–Kier alpha value is -3.24. The quantitative estimate of drug-likeness (QED) is 0.288. The molecule has 1 heterocycles. The van der Waals surface area contributed by atoms with E-state index in [1.54, 1.807) is 7.11 Å². The van der Waals surface area contributed by atoms with Gasteiger partial charge in [0.25, 0.3) is 0 Å². The number of nitrogens with zero attached hydrogens (tertiary/aromatic N) is 3. The summed E-state index contributed by atoms with van der Waals surface area (Å²) in [6.45, 7) is 1.99. The summed E-state index contributed by atoms with van der Waals surface area (Å²) in [4.78, 5) is 12.5. The zero-order valence-electron chi connectivity index (χ0n) is 18.2. The van der Waals surface area contributed by atoms with Crippen LogP contribution < -0.4 is 10.1 Å². The van der Waals surface area contributed by atoms with Crippen LogP contribution in [0.2, 0.25) is 0 Å². The third-order valence-corrected chi connectivity index (χ3v) is 6.43. The van der Waals surface area contributed by atoms with Crippen LogP contribution in [-0.2, 0) is 4.79 Å². The summed E-state index contributed by atoms with van der Waals surface area (Å²) in [6.07, 6.45) is 0. The maximum atomic E-state index is 14.1. The maximum absolute atomic E-state index is 14.1. The van der Waals surface area contributed by atoms with Crippen LogP contribution in [0.25, 0.3) is 17.1 Å². The first-order valence-electron chi connectivity index (χ1n) is 10.1. The first-order valence-corrected chi connectivity index (χ1v) is 11.9. The van der Waals surface area contributed by atoms with E-state index >= 15 is 0 Å². The number of ether oxygens (including phenoxy) is 1. The second-order valence-corrected chi connectivity index (χ2v) is 9.08. The topological polar surface area (TPSA) is 69.0 Å². The van der Waals surface area contributed by atoms with Crippen molar-refractivity contribution in [2.45, 2.75) is 12.1 Å². The normalized spacial score (nSPS) is 10.9. The van der Waals surface area contributed by atoms with Gasteiger partial charge in [0.05, 0.1) is 18.6 Å². The van der Waals surface area contributed by atoms with Crippen LogP contribution in [0, 0.1) is 18.6 Å². The molecular weight excluding hydrogens is 526 g/mol. The number of hydrogen-bond donors (Lipinski definition) is 1. The predicted octanol–water partition coefficient (Wildman–Crippen LogP) is 6.02. The molecule has 174 valence electrons. The van der Waals surface area contributed by atoms with Gasteiger partial charge in [-0.1, -0.05) is 29.5 Å². The van der Waals surface area contributed by atoms with Gasteiger partial charge in [-0.2, -0.15) is 0 Å². The lowest BCUT2D eigenvalue weighted by Gasteiger charge is -2.12. The van der Waals surface area contributed by atoms with Crippen LogP contribution in [0.4, 0.5) is 14.5 Å². The van der Waals surface area contributed by atoms with Crippen molar-refractivity contribution < 1.29 is 18.3 Å². The second-order valence-electron chi connectivity index (χ2n) is 7.29. The predicted molar refractivity (Wildman–Crippen MR) is 131 cm³/mol. The van der Waals surface area contributed by atoms with Gasteiger partial charge in [-0.25, -0.2) is 8.78 Å². The van der Waals surface area contributed by atoms with E-state index in [-0.39, 0.29) is 15.9 Å². The molecule has 1 N–H and O–H groups in total. The molecule has 0 unspecified atom stereocenters. The zero-order valence-corrected chi connectivity index (χ0v) is 20.6. The molecule has 0 fully saturated rings. The molecule has 0 bridgehead atoms. The molecule has 1 amide bonds. The third kappa shape index (κ3) is 5.28. The van der Waals surface area contributed by atoms with Crippen molar-refractivity contribution in [2.24, 2.45) is 0 Å². The molecule has 10 heteroatoms. The van der Waals surface area contributed by atoms with Gasteiger partial charge in [-0.15, -0.1) is 10.2 Å². The van der Waals surface area contributed by atoms with Gasteiger partial charge in [-0.05, 0) is 65.3 Å². The summed E-state index contributed by atoms with van der Waals surface area (Å²) in [5.41, 5.74) is 2.63. The number of methoxy groups -OCH3 is 1. The molecule has 0 atom stereocenters. The summed E-state index contributed by atoms with van der Waals surface area (Å²) in [7, 11) is 1.60. The SMILES string of the molecule is COc1ccc(-c2nnc(SCC(=O)Nc3c(F)cc(F)cc3Br)n2-c2ccc(C)cc2)cc1. The zero-order chi connectivity index (χ0) is 24.2. The summed E-state index contributed by atoms with van der Waals surface area (Å²) in [5.74, 6) is -0.822. The van der Waals surface area contributed by atoms with Crippen LogP contribution in [-0.4, -0.2) is 33.5 Å². The highest BCUT2D eigenvalue weighted by Crippen LogP contribution is 2.30. The van der Waals surface area contributed by atoms with Crippen molar-refractivity contribution >= 4 is 39.3 Å². The van der Waals surface area contributed by atoms with Gasteiger partial charge >= 0.3 is 0 Å². The van der Waals surface area contributed by atoms with E-state index in [9.17, 15) is 13.6 Å². The Labute approximate surface area is 207 Å². The van der Waals surface area contributed by atoms with Gasteiger partial charge in [0, 0.05) is 21.8 Å². The van der Waals surface area contributed by atoms with E-state index in [1.807, 2.05) is 60.0 Å². The Balaban J connectivity index is 1.61. The van der Waals surface area contributed by atoms with E-state index in [0.29, 0.717) is 17.0 Å². The average Bonchev–Trinajstić information content (AvgIpc) is 3.24. The van der Waals surface area contributed by atoms with E-state index in [0.717, 1.165) is 40.4 Å². The van der Waals surface area contributed by atoms with Gasteiger partial charge in [0.15, 0.2) is 16.8 Å². The molecule has 4 rings (SSSR count). The Morgan fingerprint density at radius 3 is 2.44 bits per heavy atom. The summed E-state index contributed by atoms with van der Waals surface area (Å²) in [6, 6.07) is 17.1. The Kier molecular flexibility index (Phi) is 7.28. The second kappa shape index (κ2) is 10.4. The van der Waals surface area contributed by atoms with E-state index in [4.69, 9.17) is 4.74 Å². The number of carbonyl (C=O) groups is 1. The van der Waals surface area contributed by atoms with E-state index in [1.165, 1.54) is 0 Å². The number of benzene rings is 3. The molecule has 0 aliphatic carbocycles. The fourth-order valence-electron chi connectivity index (χ4n) is 3.18.